The minimum atomic E-state index is -0.648. The van der Waals surface area contributed by atoms with E-state index < -0.39 is 10.7 Å². The Hall–Kier alpha value is -1.21. The molecule has 0 unspecified atom stereocenters. The van der Waals surface area contributed by atoms with Gasteiger partial charge < -0.3 is 9.47 Å². The Balaban J connectivity index is 2.11. The first-order chi connectivity index (χ1) is 9.56. The van der Waals surface area contributed by atoms with Gasteiger partial charge in [0.15, 0.2) is 5.75 Å². The second kappa shape index (κ2) is 6.49. The Kier molecular flexibility index (Phi) is 4.93. The zero-order valence-corrected chi connectivity index (χ0v) is 12.4. The minimum Gasteiger partial charge on any atom is -0.486 e. The molecule has 0 aliphatic carbocycles. The van der Waals surface area contributed by atoms with Crippen LogP contribution in [0.5, 0.6) is 5.75 Å². The van der Waals surface area contributed by atoms with E-state index in [4.69, 9.17) is 9.47 Å². The summed E-state index contributed by atoms with van der Waals surface area (Å²) >= 11 is 3.47. The van der Waals surface area contributed by atoms with Crippen molar-refractivity contribution < 1.29 is 18.8 Å². The summed E-state index contributed by atoms with van der Waals surface area (Å²) in [5, 5.41) is 11.6. The van der Waals surface area contributed by atoms with E-state index in [0.717, 1.165) is 30.3 Å². The van der Waals surface area contributed by atoms with Crippen molar-refractivity contribution in [2.24, 2.45) is 5.41 Å². The molecule has 2 rings (SSSR count). The van der Waals surface area contributed by atoms with Crippen molar-refractivity contribution in [2.75, 3.05) is 25.2 Å². The number of benzene rings is 1. The Morgan fingerprint density at radius 2 is 2.15 bits per heavy atom. The van der Waals surface area contributed by atoms with Crippen LogP contribution in [0, 0.1) is 21.3 Å². The molecule has 0 amide bonds. The molecule has 0 spiro atoms. The summed E-state index contributed by atoms with van der Waals surface area (Å²) in [6, 6.07) is 3.34. The van der Waals surface area contributed by atoms with Gasteiger partial charge in [0.05, 0.1) is 17.6 Å². The first kappa shape index (κ1) is 15.2. The van der Waals surface area contributed by atoms with Crippen LogP contribution in [-0.2, 0) is 4.74 Å². The Morgan fingerprint density at radius 1 is 1.45 bits per heavy atom. The molecule has 1 aromatic carbocycles. The van der Waals surface area contributed by atoms with E-state index in [0.29, 0.717) is 19.8 Å². The number of nitrogens with zero attached hydrogens (tertiary/aromatic N) is 1. The average molecular weight is 348 g/mol. The Labute approximate surface area is 124 Å². The molecule has 0 saturated carbocycles. The van der Waals surface area contributed by atoms with Gasteiger partial charge in [-0.3, -0.25) is 10.1 Å². The molecule has 20 heavy (non-hydrogen) atoms. The van der Waals surface area contributed by atoms with E-state index in [1.807, 2.05) is 0 Å². The maximum Gasteiger partial charge on any atom is 0.313 e. The van der Waals surface area contributed by atoms with Gasteiger partial charge in [-0.2, -0.15) is 0 Å². The van der Waals surface area contributed by atoms with Crippen molar-refractivity contribution in [3.8, 4) is 5.75 Å². The number of alkyl halides is 1. The summed E-state index contributed by atoms with van der Waals surface area (Å²) in [4.78, 5) is 10.3. The number of halogens is 2. The molecule has 1 fully saturated rings. The summed E-state index contributed by atoms with van der Waals surface area (Å²) in [7, 11) is 0. The van der Waals surface area contributed by atoms with E-state index in [1.54, 1.807) is 0 Å². The molecule has 0 N–H and O–H groups in total. The van der Waals surface area contributed by atoms with Gasteiger partial charge in [0.25, 0.3) is 0 Å². The third-order valence-corrected chi connectivity index (χ3v) is 4.68. The van der Waals surface area contributed by atoms with Crippen molar-refractivity contribution in [1.82, 2.24) is 0 Å². The number of ether oxygens (including phenoxy) is 2. The van der Waals surface area contributed by atoms with Gasteiger partial charge in [-0.1, -0.05) is 15.9 Å². The van der Waals surface area contributed by atoms with Crippen LogP contribution in [0.15, 0.2) is 18.2 Å². The van der Waals surface area contributed by atoms with Crippen LogP contribution >= 0.6 is 15.9 Å². The highest BCUT2D eigenvalue weighted by atomic mass is 79.9. The van der Waals surface area contributed by atoms with Gasteiger partial charge in [-0.15, -0.1) is 0 Å². The van der Waals surface area contributed by atoms with Crippen LogP contribution in [0.1, 0.15) is 12.8 Å². The number of hydrogen-bond acceptors (Lipinski definition) is 4. The minimum absolute atomic E-state index is 0.0967. The maximum absolute atomic E-state index is 13.1. The molecule has 7 heteroatoms. The third kappa shape index (κ3) is 3.46. The first-order valence-corrected chi connectivity index (χ1v) is 7.39. The number of rotatable bonds is 5. The number of nitro benzene ring substituents is 1. The highest BCUT2D eigenvalue weighted by Crippen LogP contribution is 2.35. The van der Waals surface area contributed by atoms with E-state index in [-0.39, 0.29) is 16.9 Å². The lowest BCUT2D eigenvalue weighted by atomic mass is 9.83. The molecule has 1 aliphatic rings. The van der Waals surface area contributed by atoms with Crippen LogP contribution in [0.25, 0.3) is 0 Å². The van der Waals surface area contributed by atoms with Gasteiger partial charge in [-0.05, 0) is 25.0 Å². The summed E-state index contributed by atoms with van der Waals surface area (Å²) in [5.74, 6) is -0.548. The van der Waals surface area contributed by atoms with Crippen molar-refractivity contribution in [2.45, 2.75) is 12.8 Å². The standard InChI is InChI=1S/C13H15BrFNO4/c14-8-13(3-5-19-6-4-13)9-20-12-2-1-10(15)7-11(12)16(17)18/h1-2,7H,3-6,8-9H2. The molecule has 0 radical (unpaired) electrons. The van der Waals surface area contributed by atoms with Gasteiger partial charge in [0, 0.05) is 24.0 Å². The Bertz CT molecular complexity index is 491. The summed E-state index contributed by atoms with van der Waals surface area (Å²) in [6.07, 6.45) is 1.65. The smallest absolute Gasteiger partial charge is 0.313 e. The zero-order valence-electron chi connectivity index (χ0n) is 10.8. The molecule has 0 bridgehead atoms. The van der Waals surface area contributed by atoms with Crippen molar-refractivity contribution in [3.05, 3.63) is 34.1 Å². The topological polar surface area (TPSA) is 61.6 Å². The first-order valence-electron chi connectivity index (χ1n) is 6.27. The summed E-state index contributed by atoms with van der Waals surface area (Å²) < 4.78 is 24.0. The second-order valence-electron chi connectivity index (χ2n) is 4.90. The van der Waals surface area contributed by atoms with E-state index in [2.05, 4.69) is 15.9 Å². The highest BCUT2D eigenvalue weighted by molar-refractivity contribution is 9.09. The maximum atomic E-state index is 13.1. The average Bonchev–Trinajstić information content (AvgIpc) is 2.47. The van der Waals surface area contributed by atoms with Crippen LogP contribution in [0.4, 0.5) is 10.1 Å². The molecule has 5 nitrogen and oxygen atoms in total. The van der Waals surface area contributed by atoms with Crippen LogP contribution < -0.4 is 4.74 Å². The molecular formula is C13H15BrFNO4. The lowest BCUT2D eigenvalue weighted by molar-refractivity contribution is -0.386. The van der Waals surface area contributed by atoms with Crippen LogP contribution in [0.2, 0.25) is 0 Å². The highest BCUT2D eigenvalue weighted by Gasteiger charge is 2.33. The predicted octanol–water partition coefficient (Wildman–Crippen LogP) is 3.30. The van der Waals surface area contributed by atoms with Crippen LogP contribution in [-0.4, -0.2) is 30.1 Å². The monoisotopic (exact) mass is 347 g/mol. The molecule has 0 aromatic heterocycles. The lowest BCUT2D eigenvalue weighted by Gasteiger charge is -2.35. The van der Waals surface area contributed by atoms with Crippen LogP contribution in [0.3, 0.4) is 0 Å². The van der Waals surface area contributed by atoms with E-state index in [1.165, 1.54) is 6.07 Å². The molecule has 0 atom stereocenters. The van der Waals surface area contributed by atoms with E-state index in [9.17, 15) is 14.5 Å². The summed E-state index contributed by atoms with van der Waals surface area (Å²) in [6.45, 7) is 1.65. The van der Waals surface area contributed by atoms with Gasteiger partial charge in [0.2, 0.25) is 0 Å². The SMILES string of the molecule is O=[N+]([O-])c1cc(F)ccc1OCC1(CBr)CCOCC1. The van der Waals surface area contributed by atoms with Gasteiger partial charge in [-0.25, -0.2) is 4.39 Å². The normalized spacial score (nSPS) is 17.7. The predicted molar refractivity (Wildman–Crippen MR) is 74.8 cm³/mol. The van der Waals surface area contributed by atoms with Crippen molar-refractivity contribution in [3.63, 3.8) is 0 Å². The molecule has 1 heterocycles. The van der Waals surface area contributed by atoms with Crippen molar-refractivity contribution in [1.29, 1.82) is 0 Å². The van der Waals surface area contributed by atoms with E-state index >= 15 is 0 Å². The fourth-order valence-corrected chi connectivity index (χ4v) is 2.83. The molecule has 1 saturated heterocycles. The number of hydrogen-bond donors (Lipinski definition) is 0. The zero-order chi connectivity index (χ0) is 14.6. The molecule has 1 aliphatic heterocycles. The quantitative estimate of drug-likeness (QED) is 0.465. The fraction of sp³-hybridized carbons (Fsp3) is 0.538. The largest absolute Gasteiger partial charge is 0.486 e. The van der Waals surface area contributed by atoms with Crippen molar-refractivity contribution >= 4 is 21.6 Å². The molecule has 110 valence electrons. The fourth-order valence-electron chi connectivity index (χ4n) is 2.11. The Morgan fingerprint density at radius 3 is 2.75 bits per heavy atom. The lowest BCUT2D eigenvalue weighted by Crippen LogP contribution is -2.36. The number of nitro groups is 1. The molecular weight excluding hydrogens is 333 g/mol. The van der Waals surface area contributed by atoms with Gasteiger partial charge >= 0.3 is 5.69 Å². The summed E-state index contributed by atoms with van der Waals surface area (Å²) in [5.41, 5.74) is -0.442. The third-order valence-electron chi connectivity index (χ3n) is 3.49. The molecule has 1 aromatic rings. The van der Waals surface area contributed by atoms with Gasteiger partial charge in [0.1, 0.15) is 5.82 Å². The second-order valence-corrected chi connectivity index (χ2v) is 5.46.